The smallest absolute Gasteiger partial charge is 0.262 e. The first-order chi connectivity index (χ1) is 17.1. The van der Waals surface area contributed by atoms with Gasteiger partial charge < -0.3 is 15.4 Å². The summed E-state index contributed by atoms with van der Waals surface area (Å²) in [4.78, 5) is 38.1. The number of nitrogens with one attached hydrogen (secondary N) is 2. The van der Waals surface area contributed by atoms with Crippen LogP contribution in [0.15, 0.2) is 34.2 Å². The fraction of sp³-hybridized carbons (Fsp3) is 0.542. The first kappa shape index (κ1) is 23.8. The van der Waals surface area contributed by atoms with Crippen molar-refractivity contribution in [3.05, 3.63) is 34.6 Å². The molecule has 2 aliphatic rings. The third-order valence-corrected chi connectivity index (χ3v) is 7.57. The number of carbonyl (C=O) groups is 2. The van der Waals surface area contributed by atoms with Crippen LogP contribution in [0.3, 0.4) is 0 Å². The van der Waals surface area contributed by atoms with Gasteiger partial charge in [-0.1, -0.05) is 36.7 Å². The number of aromatic nitrogens is 4. The van der Waals surface area contributed by atoms with Gasteiger partial charge in [-0.2, -0.15) is 0 Å². The van der Waals surface area contributed by atoms with Crippen molar-refractivity contribution in [1.29, 1.82) is 0 Å². The lowest BCUT2D eigenvalue weighted by Gasteiger charge is -2.14. The molecule has 3 heterocycles. The van der Waals surface area contributed by atoms with E-state index in [0.717, 1.165) is 45.1 Å². The SMILES string of the molecule is O=C(CSc1nnc2n(CCC(=O)NC3CCCC3)c(=O)c3ccccc3n12)NCC1CCCO1. The third-order valence-electron chi connectivity index (χ3n) is 6.64. The third kappa shape index (κ3) is 5.35. The second kappa shape index (κ2) is 10.8. The first-order valence-electron chi connectivity index (χ1n) is 12.3. The number of fused-ring (bicyclic) bond motifs is 3. The van der Waals surface area contributed by atoms with E-state index in [4.69, 9.17) is 4.74 Å². The van der Waals surface area contributed by atoms with E-state index in [1.165, 1.54) is 16.3 Å². The van der Waals surface area contributed by atoms with Crippen molar-refractivity contribution in [2.24, 2.45) is 0 Å². The van der Waals surface area contributed by atoms with Crippen LogP contribution < -0.4 is 16.2 Å². The summed E-state index contributed by atoms with van der Waals surface area (Å²) < 4.78 is 8.85. The summed E-state index contributed by atoms with van der Waals surface area (Å²) in [5.41, 5.74) is 0.464. The molecule has 3 aromatic rings. The molecule has 10 nitrogen and oxygen atoms in total. The number of para-hydroxylation sites is 1. The van der Waals surface area contributed by atoms with Crippen molar-refractivity contribution in [2.75, 3.05) is 18.9 Å². The van der Waals surface area contributed by atoms with E-state index in [1.807, 2.05) is 18.2 Å². The van der Waals surface area contributed by atoms with Crippen molar-refractivity contribution in [2.45, 2.75) is 68.8 Å². The number of aryl methyl sites for hydroxylation is 1. The number of hydrogen-bond donors (Lipinski definition) is 2. The molecule has 1 saturated heterocycles. The second-order valence-electron chi connectivity index (χ2n) is 9.12. The van der Waals surface area contributed by atoms with Gasteiger partial charge in [-0.3, -0.25) is 23.4 Å². The molecule has 1 aromatic carbocycles. The van der Waals surface area contributed by atoms with Gasteiger partial charge >= 0.3 is 0 Å². The predicted octanol–water partition coefficient (Wildman–Crippen LogP) is 1.88. The second-order valence-corrected chi connectivity index (χ2v) is 10.1. The van der Waals surface area contributed by atoms with Crippen molar-refractivity contribution in [1.82, 2.24) is 29.8 Å². The van der Waals surface area contributed by atoms with Gasteiger partial charge in [0.15, 0.2) is 5.16 Å². The van der Waals surface area contributed by atoms with Gasteiger partial charge in [0.1, 0.15) is 0 Å². The van der Waals surface area contributed by atoms with Gasteiger partial charge in [0.2, 0.25) is 17.6 Å². The van der Waals surface area contributed by atoms with Crippen LogP contribution in [0.25, 0.3) is 16.7 Å². The molecule has 2 fully saturated rings. The van der Waals surface area contributed by atoms with Gasteiger partial charge in [-0.15, -0.1) is 10.2 Å². The van der Waals surface area contributed by atoms with Crippen LogP contribution in [0.2, 0.25) is 0 Å². The van der Waals surface area contributed by atoms with Crippen LogP contribution in [0.4, 0.5) is 0 Å². The minimum Gasteiger partial charge on any atom is -0.376 e. The van der Waals surface area contributed by atoms with Crippen molar-refractivity contribution < 1.29 is 14.3 Å². The number of ether oxygens (including phenoxy) is 1. The molecule has 5 rings (SSSR count). The number of benzene rings is 1. The van der Waals surface area contributed by atoms with Crippen LogP contribution in [0.1, 0.15) is 44.9 Å². The van der Waals surface area contributed by atoms with E-state index in [0.29, 0.717) is 28.4 Å². The molecule has 11 heteroatoms. The minimum absolute atomic E-state index is 0.0628. The molecule has 35 heavy (non-hydrogen) atoms. The van der Waals surface area contributed by atoms with Gasteiger partial charge in [0, 0.05) is 32.2 Å². The summed E-state index contributed by atoms with van der Waals surface area (Å²) in [5, 5.41) is 15.6. The number of amides is 2. The predicted molar refractivity (Wildman–Crippen MR) is 132 cm³/mol. The van der Waals surface area contributed by atoms with E-state index in [1.54, 1.807) is 10.5 Å². The number of thioether (sulfide) groups is 1. The standard InChI is InChI=1S/C24H30N6O4S/c31-20(26-16-6-1-2-7-16)11-12-29-22(33)18-9-3-4-10-19(18)30-23(29)27-28-24(30)35-15-21(32)25-14-17-8-5-13-34-17/h3-4,9-10,16-17H,1-2,5-8,11-15H2,(H,25,32)(H,26,31). The highest BCUT2D eigenvalue weighted by Gasteiger charge is 2.21. The summed E-state index contributed by atoms with van der Waals surface area (Å²) >= 11 is 1.26. The van der Waals surface area contributed by atoms with Crippen LogP contribution >= 0.6 is 11.8 Å². The number of nitrogens with zero attached hydrogens (tertiary/aromatic N) is 4. The summed E-state index contributed by atoms with van der Waals surface area (Å²) in [6.07, 6.45) is 6.57. The number of carbonyl (C=O) groups excluding carboxylic acids is 2. The zero-order chi connectivity index (χ0) is 24.2. The van der Waals surface area contributed by atoms with Crippen LogP contribution in [0.5, 0.6) is 0 Å². The summed E-state index contributed by atoms with van der Waals surface area (Å²) in [5.74, 6) is 0.366. The Kier molecular flexibility index (Phi) is 7.33. The molecule has 1 aliphatic carbocycles. The van der Waals surface area contributed by atoms with Crippen LogP contribution in [0, 0.1) is 0 Å². The molecule has 1 saturated carbocycles. The molecule has 2 N–H and O–H groups in total. The van der Waals surface area contributed by atoms with Gasteiger partial charge in [-0.25, -0.2) is 0 Å². The van der Waals surface area contributed by atoms with E-state index in [2.05, 4.69) is 20.8 Å². The van der Waals surface area contributed by atoms with Crippen molar-refractivity contribution >= 4 is 40.3 Å². The average molecular weight is 499 g/mol. The Morgan fingerprint density at radius 1 is 1.09 bits per heavy atom. The Morgan fingerprint density at radius 2 is 1.91 bits per heavy atom. The van der Waals surface area contributed by atoms with E-state index >= 15 is 0 Å². The highest BCUT2D eigenvalue weighted by Crippen LogP contribution is 2.22. The summed E-state index contributed by atoms with van der Waals surface area (Å²) in [6.45, 7) is 1.46. The molecule has 1 atom stereocenters. The summed E-state index contributed by atoms with van der Waals surface area (Å²) in [6, 6.07) is 7.49. The Balaban J connectivity index is 1.34. The zero-order valence-corrected chi connectivity index (χ0v) is 20.4. The molecule has 2 amide bonds. The van der Waals surface area contributed by atoms with Crippen LogP contribution in [-0.4, -0.2) is 62.0 Å². The summed E-state index contributed by atoms with van der Waals surface area (Å²) in [7, 11) is 0. The Hall–Kier alpha value is -2.92. The molecule has 0 bridgehead atoms. The molecule has 1 unspecified atom stereocenters. The first-order valence-corrected chi connectivity index (χ1v) is 13.3. The Labute approximate surface area is 206 Å². The van der Waals surface area contributed by atoms with E-state index in [9.17, 15) is 14.4 Å². The molecule has 1 aliphatic heterocycles. The average Bonchev–Trinajstić information content (AvgIpc) is 3.64. The Bertz CT molecular complexity index is 1280. The fourth-order valence-corrected chi connectivity index (χ4v) is 5.60. The topological polar surface area (TPSA) is 120 Å². The largest absolute Gasteiger partial charge is 0.376 e. The minimum atomic E-state index is -0.208. The van der Waals surface area contributed by atoms with Crippen molar-refractivity contribution in [3.63, 3.8) is 0 Å². The number of rotatable bonds is 9. The molecular formula is C24H30N6O4S. The van der Waals surface area contributed by atoms with E-state index in [-0.39, 0.29) is 48.2 Å². The maximum absolute atomic E-state index is 13.3. The quantitative estimate of drug-likeness (QED) is 0.432. The van der Waals surface area contributed by atoms with Crippen molar-refractivity contribution in [3.8, 4) is 0 Å². The zero-order valence-electron chi connectivity index (χ0n) is 19.6. The van der Waals surface area contributed by atoms with Gasteiger partial charge in [-0.05, 0) is 37.8 Å². The maximum Gasteiger partial charge on any atom is 0.262 e. The van der Waals surface area contributed by atoms with E-state index < -0.39 is 0 Å². The maximum atomic E-state index is 13.3. The van der Waals surface area contributed by atoms with Crippen LogP contribution in [-0.2, 0) is 20.9 Å². The van der Waals surface area contributed by atoms with Gasteiger partial charge in [0.25, 0.3) is 5.56 Å². The highest BCUT2D eigenvalue weighted by atomic mass is 32.2. The molecule has 0 spiro atoms. The monoisotopic (exact) mass is 498 g/mol. The lowest BCUT2D eigenvalue weighted by molar-refractivity contribution is -0.122. The lowest BCUT2D eigenvalue weighted by Crippen LogP contribution is -2.34. The number of hydrogen-bond acceptors (Lipinski definition) is 7. The normalized spacial score (nSPS) is 18.5. The fourth-order valence-electron chi connectivity index (χ4n) is 4.83. The Morgan fingerprint density at radius 3 is 2.71 bits per heavy atom. The highest BCUT2D eigenvalue weighted by molar-refractivity contribution is 7.99. The molecule has 2 aromatic heterocycles. The molecular weight excluding hydrogens is 468 g/mol. The van der Waals surface area contributed by atoms with Gasteiger partial charge in [0.05, 0.1) is 22.8 Å². The lowest BCUT2D eigenvalue weighted by atomic mass is 10.2. The molecule has 0 radical (unpaired) electrons. The molecule has 186 valence electrons.